The fourth-order valence-corrected chi connectivity index (χ4v) is 2.93. The summed E-state index contributed by atoms with van der Waals surface area (Å²) in [4.78, 5) is 19.8. The van der Waals surface area contributed by atoms with Crippen molar-refractivity contribution in [3.05, 3.63) is 51.5 Å². The Morgan fingerprint density at radius 3 is 2.85 bits per heavy atom. The summed E-state index contributed by atoms with van der Waals surface area (Å²) < 4.78 is 0. The van der Waals surface area contributed by atoms with E-state index >= 15 is 0 Å². The van der Waals surface area contributed by atoms with E-state index < -0.39 is 0 Å². The SMILES string of the molecule is Cc1cccc(CN(C)Cc2ccc(C(=O)NN)s2)n1. The zero-order chi connectivity index (χ0) is 14.5. The number of carbonyl (C=O) groups is 1. The van der Waals surface area contributed by atoms with Crippen molar-refractivity contribution in [3.63, 3.8) is 0 Å². The van der Waals surface area contributed by atoms with Crippen LogP contribution in [0.4, 0.5) is 0 Å². The Morgan fingerprint density at radius 2 is 2.15 bits per heavy atom. The molecule has 106 valence electrons. The van der Waals surface area contributed by atoms with Gasteiger partial charge in [0, 0.05) is 23.7 Å². The van der Waals surface area contributed by atoms with Crippen LogP contribution >= 0.6 is 11.3 Å². The number of carbonyl (C=O) groups excluding carboxylic acids is 1. The molecule has 0 fully saturated rings. The van der Waals surface area contributed by atoms with E-state index in [9.17, 15) is 4.79 Å². The molecule has 2 rings (SSSR count). The Hall–Kier alpha value is -1.76. The standard InChI is InChI=1S/C14H18N4OS/c1-10-4-3-5-11(16-10)8-18(2)9-12-6-7-13(20-12)14(19)17-15/h3-7H,8-9,15H2,1-2H3,(H,17,19). The van der Waals surface area contributed by atoms with Crippen molar-refractivity contribution in [2.45, 2.75) is 20.0 Å². The Kier molecular flexibility index (Phi) is 4.84. The first-order chi connectivity index (χ1) is 9.58. The monoisotopic (exact) mass is 290 g/mol. The number of hydrogen-bond acceptors (Lipinski definition) is 5. The highest BCUT2D eigenvalue weighted by Gasteiger charge is 2.09. The predicted octanol–water partition coefficient (Wildman–Crippen LogP) is 1.69. The highest BCUT2D eigenvalue weighted by Crippen LogP contribution is 2.18. The predicted molar refractivity (Wildman–Crippen MR) is 80.1 cm³/mol. The Labute approximate surface area is 122 Å². The number of aromatic nitrogens is 1. The number of hydrazine groups is 1. The largest absolute Gasteiger partial charge is 0.295 e. The smallest absolute Gasteiger partial charge is 0.275 e. The van der Waals surface area contributed by atoms with Crippen LogP contribution in [-0.2, 0) is 13.1 Å². The fourth-order valence-electron chi connectivity index (χ4n) is 1.94. The molecule has 1 amide bonds. The van der Waals surface area contributed by atoms with Gasteiger partial charge in [0.25, 0.3) is 5.91 Å². The van der Waals surface area contributed by atoms with E-state index in [1.54, 1.807) is 6.07 Å². The molecule has 0 aliphatic rings. The number of thiophene rings is 1. The molecule has 0 radical (unpaired) electrons. The zero-order valence-electron chi connectivity index (χ0n) is 11.6. The van der Waals surface area contributed by atoms with Crippen LogP contribution < -0.4 is 11.3 Å². The van der Waals surface area contributed by atoms with Crippen molar-refractivity contribution in [2.75, 3.05) is 7.05 Å². The van der Waals surface area contributed by atoms with Crippen molar-refractivity contribution >= 4 is 17.2 Å². The molecule has 2 heterocycles. The van der Waals surface area contributed by atoms with Crippen LogP contribution in [0.1, 0.15) is 25.9 Å². The Morgan fingerprint density at radius 1 is 1.35 bits per heavy atom. The molecule has 3 N–H and O–H groups in total. The first-order valence-corrected chi connectivity index (χ1v) is 7.11. The summed E-state index contributed by atoms with van der Waals surface area (Å²) in [5, 5.41) is 0. The third-order valence-electron chi connectivity index (χ3n) is 2.82. The maximum atomic E-state index is 11.4. The van der Waals surface area contributed by atoms with Crippen LogP contribution in [0.3, 0.4) is 0 Å². The van der Waals surface area contributed by atoms with Gasteiger partial charge < -0.3 is 0 Å². The molecule has 0 atom stereocenters. The van der Waals surface area contributed by atoms with E-state index in [0.717, 1.165) is 29.4 Å². The first kappa shape index (κ1) is 14.6. The number of hydrogen-bond donors (Lipinski definition) is 2. The summed E-state index contributed by atoms with van der Waals surface area (Å²) in [7, 11) is 2.03. The van der Waals surface area contributed by atoms with E-state index in [-0.39, 0.29) is 5.91 Å². The normalized spacial score (nSPS) is 10.8. The molecule has 0 saturated carbocycles. The number of rotatable bonds is 5. The van der Waals surface area contributed by atoms with Gasteiger partial charge in [-0.3, -0.25) is 20.1 Å². The number of amides is 1. The van der Waals surface area contributed by atoms with Crippen molar-refractivity contribution in [1.29, 1.82) is 0 Å². The van der Waals surface area contributed by atoms with Crippen molar-refractivity contribution in [3.8, 4) is 0 Å². The van der Waals surface area contributed by atoms with Crippen molar-refractivity contribution in [2.24, 2.45) is 5.84 Å². The maximum absolute atomic E-state index is 11.4. The minimum atomic E-state index is -0.246. The highest BCUT2D eigenvalue weighted by molar-refractivity contribution is 7.14. The first-order valence-electron chi connectivity index (χ1n) is 6.29. The lowest BCUT2D eigenvalue weighted by atomic mass is 10.3. The van der Waals surface area contributed by atoms with E-state index in [0.29, 0.717) is 4.88 Å². The topological polar surface area (TPSA) is 71.2 Å². The number of pyridine rings is 1. The van der Waals surface area contributed by atoms with Gasteiger partial charge in [-0.05, 0) is 38.2 Å². The average molecular weight is 290 g/mol. The number of nitrogen functional groups attached to an aromatic ring is 1. The number of nitrogens with one attached hydrogen (secondary N) is 1. The molecule has 20 heavy (non-hydrogen) atoms. The molecule has 6 heteroatoms. The maximum Gasteiger partial charge on any atom is 0.275 e. The van der Waals surface area contributed by atoms with Crippen LogP contribution in [0, 0.1) is 6.92 Å². The van der Waals surface area contributed by atoms with Gasteiger partial charge in [-0.25, -0.2) is 5.84 Å². The molecular formula is C14H18N4OS. The lowest BCUT2D eigenvalue weighted by Crippen LogP contribution is -2.29. The fraction of sp³-hybridized carbons (Fsp3) is 0.286. The van der Waals surface area contributed by atoms with Crippen LogP contribution in [-0.4, -0.2) is 22.8 Å². The van der Waals surface area contributed by atoms with Crippen molar-refractivity contribution in [1.82, 2.24) is 15.3 Å². The summed E-state index contributed by atoms with van der Waals surface area (Å²) in [5.74, 6) is 4.87. The third-order valence-corrected chi connectivity index (χ3v) is 3.89. The van der Waals surface area contributed by atoms with Gasteiger partial charge in [-0.2, -0.15) is 0 Å². The van der Waals surface area contributed by atoms with E-state index in [1.165, 1.54) is 11.3 Å². The van der Waals surface area contributed by atoms with Gasteiger partial charge in [-0.15, -0.1) is 11.3 Å². The molecule has 0 aromatic carbocycles. The summed E-state index contributed by atoms with van der Waals surface area (Å²) >= 11 is 1.45. The molecule has 0 bridgehead atoms. The second-order valence-electron chi connectivity index (χ2n) is 4.68. The molecule has 2 aromatic heterocycles. The number of aryl methyl sites for hydroxylation is 1. The van der Waals surface area contributed by atoms with Crippen LogP contribution in [0.2, 0.25) is 0 Å². The lowest BCUT2D eigenvalue weighted by Gasteiger charge is -2.15. The Balaban J connectivity index is 1.96. The number of nitrogens with zero attached hydrogens (tertiary/aromatic N) is 2. The zero-order valence-corrected chi connectivity index (χ0v) is 12.4. The minimum Gasteiger partial charge on any atom is -0.295 e. The molecule has 0 aliphatic carbocycles. The average Bonchev–Trinajstić information content (AvgIpc) is 2.86. The van der Waals surface area contributed by atoms with E-state index in [2.05, 4.69) is 15.3 Å². The van der Waals surface area contributed by atoms with Crippen molar-refractivity contribution < 1.29 is 4.79 Å². The summed E-state index contributed by atoms with van der Waals surface area (Å²) in [6.07, 6.45) is 0. The molecule has 2 aromatic rings. The van der Waals surface area contributed by atoms with Gasteiger partial charge in [0.15, 0.2) is 0 Å². The van der Waals surface area contributed by atoms with Gasteiger partial charge in [0.05, 0.1) is 10.6 Å². The van der Waals surface area contributed by atoms with Gasteiger partial charge >= 0.3 is 0 Å². The molecular weight excluding hydrogens is 272 g/mol. The van der Waals surface area contributed by atoms with Gasteiger partial charge in [-0.1, -0.05) is 6.07 Å². The molecule has 0 saturated heterocycles. The van der Waals surface area contributed by atoms with Gasteiger partial charge in [0.2, 0.25) is 0 Å². The second kappa shape index (κ2) is 6.60. The summed E-state index contributed by atoms with van der Waals surface area (Å²) in [6.45, 7) is 3.54. The Bertz CT molecular complexity index is 596. The molecule has 0 unspecified atom stereocenters. The van der Waals surface area contributed by atoms with E-state index in [4.69, 9.17) is 5.84 Å². The van der Waals surface area contributed by atoms with Crippen LogP contribution in [0.25, 0.3) is 0 Å². The molecule has 5 nitrogen and oxygen atoms in total. The highest BCUT2D eigenvalue weighted by atomic mass is 32.1. The summed E-state index contributed by atoms with van der Waals surface area (Å²) in [6, 6.07) is 9.77. The molecule has 0 aliphatic heterocycles. The lowest BCUT2D eigenvalue weighted by molar-refractivity contribution is 0.0957. The van der Waals surface area contributed by atoms with E-state index in [1.807, 2.05) is 38.2 Å². The third kappa shape index (κ3) is 3.86. The van der Waals surface area contributed by atoms with Crippen LogP contribution in [0.5, 0.6) is 0 Å². The minimum absolute atomic E-state index is 0.246. The quantitative estimate of drug-likeness (QED) is 0.499. The summed E-state index contributed by atoms with van der Waals surface area (Å²) in [5.41, 5.74) is 4.21. The number of nitrogens with two attached hydrogens (primary N) is 1. The van der Waals surface area contributed by atoms with Crippen LogP contribution in [0.15, 0.2) is 30.3 Å². The van der Waals surface area contributed by atoms with Gasteiger partial charge in [0.1, 0.15) is 0 Å². The second-order valence-corrected chi connectivity index (χ2v) is 5.85. The molecule has 0 spiro atoms.